The van der Waals surface area contributed by atoms with Crippen LogP contribution in [-0.4, -0.2) is 37.7 Å². The largest absolute Gasteiger partial charge is 0.478 e. The van der Waals surface area contributed by atoms with Crippen molar-refractivity contribution < 1.29 is 9.90 Å². The molecule has 0 amide bonds. The number of rotatable bonds is 3. The molecule has 1 aliphatic rings. The molecule has 2 N–H and O–H groups in total. The molecular weight excluding hydrogens is 312 g/mol. The molecule has 3 aromatic rings. The molecule has 118 valence electrons. The molecule has 7 heteroatoms. The molecule has 4 heterocycles. The topological polar surface area (TPSA) is 82.1 Å². The summed E-state index contributed by atoms with van der Waals surface area (Å²) in [4.78, 5) is 19.1. The Labute approximate surface area is 136 Å². The van der Waals surface area contributed by atoms with Gasteiger partial charge in [0.15, 0.2) is 5.65 Å². The van der Waals surface area contributed by atoms with Crippen LogP contribution < -0.4 is 0 Å². The van der Waals surface area contributed by atoms with Gasteiger partial charge in [-0.3, -0.25) is 10.00 Å². The van der Waals surface area contributed by atoms with Crippen molar-refractivity contribution >= 4 is 28.3 Å². The zero-order valence-electron chi connectivity index (χ0n) is 12.7. The number of hydrogen-bond donors (Lipinski definition) is 2. The van der Waals surface area contributed by atoms with Gasteiger partial charge in [0.1, 0.15) is 0 Å². The van der Waals surface area contributed by atoms with Crippen LogP contribution in [0.2, 0.25) is 0 Å². The normalized spacial score (nSPS) is 15.0. The van der Waals surface area contributed by atoms with Gasteiger partial charge >= 0.3 is 5.97 Å². The Morgan fingerprint density at radius 2 is 2.39 bits per heavy atom. The van der Waals surface area contributed by atoms with Crippen molar-refractivity contribution in [2.45, 2.75) is 26.4 Å². The van der Waals surface area contributed by atoms with Gasteiger partial charge in [-0.25, -0.2) is 9.78 Å². The maximum atomic E-state index is 11.2. The lowest BCUT2D eigenvalue weighted by Gasteiger charge is -2.27. The van der Waals surface area contributed by atoms with Gasteiger partial charge in [-0.05, 0) is 30.5 Å². The summed E-state index contributed by atoms with van der Waals surface area (Å²) in [5, 5.41) is 19.1. The number of aromatic carboxylic acids is 1. The van der Waals surface area contributed by atoms with Gasteiger partial charge in [0, 0.05) is 41.5 Å². The summed E-state index contributed by atoms with van der Waals surface area (Å²) < 4.78 is 0. The number of nitrogens with one attached hydrogen (secondary N) is 1. The zero-order chi connectivity index (χ0) is 16.0. The number of carbonyl (C=O) groups is 1. The molecule has 0 radical (unpaired) electrons. The lowest BCUT2D eigenvalue weighted by Crippen LogP contribution is -2.29. The number of carboxylic acids is 1. The monoisotopic (exact) mass is 328 g/mol. The van der Waals surface area contributed by atoms with Crippen molar-refractivity contribution in [2.24, 2.45) is 0 Å². The van der Waals surface area contributed by atoms with Crippen LogP contribution in [-0.2, 0) is 19.5 Å². The highest BCUT2D eigenvalue weighted by molar-refractivity contribution is 7.10. The number of thiophene rings is 1. The Hall–Kier alpha value is -2.25. The minimum atomic E-state index is -0.818. The molecule has 0 fully saturated rings. The molecule has 0 saturated heterocycles. The first-order valence-electron chi connectivity index (χ1n) is 7.46. The number of pyridine rings is 1. The number of aromatic amines is 1. The molecule has 3 aromatic heterocycles. The number of aryl methyl sites for hydroxylation is 1. The highest BCUT2D eigenvalue weighted by Gasteiger charge is 2.23. The summed E-state index contributed by atoms with van der Waals surface area (Å²) >= 11 is 1.55. The first kappa shape index (κ1) is 14.3. The van der Waals surface area contributed by atoms with E-state index in [2.05, 4.69) is 26.1 Å². The maximum absolute atomic E-state index is 11.2. The van der Waals surface area contributed by atoms with Crippen LogP contribution in [0, 0.1) is 6.92 Å². The average Bonchev–Trinajstić information content (AvgIpc) is 3.11. The lowest BCUT2D eigenvalue weighted by atomic mass is 10.0. The summed E-state index contributed by atoms with van der Waals surface area (Å²) in [5.74, 6) is -0.818. The number of aromatic nitrogens is 3. The van der Waals surface area contributed by atoms with E-state index < -0.39 is 5.97 Å². The van der Waals surface area contributed by atoms with Crippen molar-refractivity contribution in [3.05, 3.63) is 44.9 Å². The smallest absolute Gasteiger partial charge is 0.336 e. The minimum absolute atomic E-state index is 0.474. The molecule has 6 nitrogen and oxygen atoms in total. The summed E-state index contributed by atoms with van der Waals surface area (Å²) in [7, 11) is 0. The van der Waals surface area contributed by atoms with Gasteiger partial charge in [-0.2, -0.15) is 5.10 Å². The van der Waals surface area contributed by atoms with E-state index in [1.54, 1.807) is 16.7 Å². The van der Waals surface area contributed by atoms with Crippen molar-refractivity contribution in [1.82, 2.24) is 20.1 Å². The Bertz CT molecular complexity index is 899. The Balaban J connectivity index is 1.55. The summed E-state index contributed by atoms with van der Waals surface area (Å²) in [5.41, 5.74) is 4.41. The molecule has 0 aromatic carbocycles. The molecule has 0 bridgehead atoms. The van der Waals surface area contributed by atoms with E-state index in [4.69, 9.17) is 0 Å². The van der Waals surface area contributed by atoms with E-state index in [9.17, 15) is 9.90 Å². The predicted molar refractivity (Wildman–Crippen MR) is 87.7 cm³/mol. The van der Waals surface area contributed by atoms with Crippen LogP contribution in [0.5, 0.6) is 0 Å². The number of carboxylic acid groups (broad SMARTS) is 1. The van der Waals surface area contributed by atoms with Gasteiger partial charge in [-0.15, -0.1) is 11.3 Å². The maximum Gasteiger partial charge on any atom is 0.336 e. The van der Waals surface area contributed by atoms with Crippen LogP contribution in [0.1, 0.15) is 32.1 Å². The van der Waals surface area contributed by atoms with E-state index in [1.807, 2.05) is 13.1 Å². The Morgan fingerprint density at radius 1 is 1.52 bits per heavy atom. The third kappa shape index (κ3) is 2.51. The quantitative estimate of drug-likeness (QED) is 0.772. The van der Waals surface area contributed by atoms with Gasteiger partial charge < -0.3 is 5.11 Å². The predicted octanol–water partition coefficient (Wildman–Crippen LogP) is 2.58. The summed E-state index contributed by atoms with van der Waals surface area (Å²) in [6.07, 6.45) is 2.67. The van der Waals surface area contributed by atoms with E-state index in [1.165, 1.54) is 4.88 Å². The van der Waals surface area contributed by atoms with Crippen LogP contribution >= 0.6 is 11.3 Å². The number of H-pyrrole nitrogens is 1. The van der Waals surface area contributed by atoms with Gasteiger partial charge in [0.25, 0.3) is 0 Å². The fraction of sp³-hybridized carbons (Fsp3) is 0.312. The average molecular weight is 328 g/mol. The van der Waals surface area contributed by atoms with Crippen molar-refractivity contribution in [1.29, 1.82) is 0 Å². The number of nitrogens with zero attached hydrogens (tertiary/aromatic N) is 3. The molecule has 0 spiro atoms. The first-order chi connectivity index (χ1) is 11.1. The number of hydrogen-bond acceptors (Lipinski definition) is 5. The van der Waals surface area contributed by atoms with Crippen molar-refractivity contribution in [3.63, 3.8) is 0 Å². The summed E-state index contributed by atoms with van der Waals surface area (Å²) in [6.45, 7) is 4.45. The van der Waals surface area contributed by atoms with Gasteiger partial charge in [0.2, 0.25) is 0 Å². The molecule has 4 rings (SSSR count). The van der Waals surface area contributed by atoms with Crippen LogP contribution in [0.25, 0.3) is 11.0 Å². The molecule has 0 aliphatic carbocycles. The Kier molecular flexibility index (Phi) is 3.39. The molecule has 0 saturated carbocycles. The number of fused-ring (bicyclic) bond motifs is 2. The highest BCUT2D eigenvalue weighted by atomic mass is 32.1. The molecule has 1 aliphatic heterocycles. The second kappa shape index (κ2) is 5.43. The van der Waals surface area contributed by atoms with Crippen molar-refractivity contribution in [3.8, 4) is 0 Å². The second-order valence-corrected chi connectivity index (χ2v) is 6.83. The fourth-order valence-corrected chi connectivity index (χ4v) is 4.23. The highest BCUT2D eigenvalue weighted by Crippen LogP contribution is 2.29. The third-order valence-corrected chi connectivity index (χ3v) is 5.34. The summed E-state index contributed by atoms with van der Waals surface area (Å²) in [6, 6.07) is 2.13. The molecule has 23 heavy (non-hydrogen) atoms. The SMILES string of the molecule is Cc1n[nH]c2ncc(CN3CCc4c(C(=O)O)csc4C3)cc12. The molecular formula is C16H16N4O2S. The molecule has 0 unspecified atom stereocenters. The van der Waals surface area contributed by atoms with E-state index in [-0.39, 0.29) is 0 Å². The van der Waals surface area contributed by atoms with E-state index in [0.717, 1.165) is 53.9 Å². The zero-order valence-corrected chi connectivity index (χ0v) is 13.5. The second-order valence-electron chi connectivity index (χ2n) is 5.87. The van der Waals surface area contributed by atoms with Crippen LogP contribution in [0.3, 0.4) is 0 Å². The van der Waals surface area contributed by atoms with Crippen molar-refractivity contribution in [2.75, 3.05) is 6.54 Å². The van der Waals surface area contributed by atoms with Crippen LogP contribution in [0.15, 0.2) is 17.6 Å². The van der Waals surface area contributed by atoms with E-state index in [0.29, 0.717) is 5.56 Å². The first-order valence-corrected chi connectivity index (χ1v) is 8.34. The standard InChI is InChI=1S/C16H16N4O2S/c1-9-12-4-10(5-17-15(12)19-18-9)6-20-3-2-11-13(16(21)22)8-23-14(11)7-20/h4-5,8H,2-3,6-7H2,1H3,(H,21,22)(H,17,18,19). The third-order valence-electron chi connectivity index (χ3n) is 4.33. The molecule has 0 atom stereocenters. The van der Waals surface area contributed by atoms with Crippen LogP contribution in [0.4, 0.5) is 0 Å². The fourth-order valence-electron chi connectivity index (χ4n) is 3.11. The van der Waals surface area contributed by atoms with Gasteiger partial charge in [-0.1, -0.05) is 0 Å². The minimum Gasteiger partial charge on any atom is -0.478 e. The van der Waals surface area contributed by atoms with Gasteiger partial charge in [0.05, 0.1) is 11.3 Å². The van der Waals surface area contributed by atoms with E-state index >= 15 is 0 Å². The lowest BCUT2D eigenvalue weighted by molar-refractivity contribution is 0.0695. The Morgan fingerprint density at radius 3 is 3.22 bits per heavy atom.